The molecule has 5 nitrogen and oxygen atoms in total. The van der Waals surface area contributed by atoms with Crippen LogP contribution in [0.5, 0.6) is 0 Å². The third kappa shape index (κ3) is 4.11. The van der Waals surface area contributed by atoms with Crippen LogP contribution in [0.2, 0.25) is 0 Å². The fraction of sp³-hybridized carbons (Fsp3) is 0.857. The molecule has 1 aliphatic heterocycles. The zero-order valence-electron chi connectivity index (χ0n) is 12.7. The standard InChI is InChI=1S/C14H26N2O3/c1-10(2)8-14(11(15)17)6-7-16(9-14)12(18)19-13(3,4)5/h10H,6-9H2,1-5H3,(H2,15,17). The van der Waals surface area contributed by atoms with Gasteiger partial charge in [0.15, 0.2) is 0 Å². The zero-order chi connectivity index (χ0) is 14.8. The van der Waals surface area contributed by atoms with Gasteiger partial charge >= 0.3 is 6.09 Å². The lowest BCUT2D eigenvalue weighted by Gasteiger charge is -2.28. The molecule has 1 heterocycles. The van der Waals surface area contributed by atoms with Crippen molar-refractivity contribution in [3.05, 3.63) is 0 Å². The molecule has 2 amide bonds. The number of hydrogen-bond donors (Lipinski definition) is 1. The molecular formula is C14H26N2O3. The number of carbonyl (C=O) groups excluding carboxylic acids is 2. The van der Waals surface area contributed by atoms with Crippen molar-refractivity contribution in [2.45, 2.75) is 53.1 Å². The van der Waals surface area contributed by atoms with E-state index in [4.69, 9.17) is 10.5 Å². The largest absolute Gasteiger partial charge is 0.444 e. The third-order valence-corrected chi connectivity index (χ3v) is 3.33. The second-order valence-electron chi connectivity index (χ2n) is 6.89. The van der Waals surface area contributed by atoms with E-state index in [1.54, 1.807) is 4.90 Å². The van der Waals surface area contributed by atoms with E-state index in [2.05, 4.69) is 13.8 Å². The van der Waals surface area contributed by atoms with Gasteiger partial charge in [-0.1, -0.05) is 13.8 Å². The van der Waals surface area contributed by atoms with E-state index in [1.165, 1.54) is 0 Å². The summed E-state index contributed by atoms with van der Waals surface area (Å²) in [6.45, 7) is 10.5. The maximum Gasteiger partial charge on any atom is 0.410 e. The summed E-state index contributed by atoms with van der Waals surface area (Å²) >= 11 is 0. The first-order valence-electron chi connectivity index (χ1n) is 6.83. The van der Waals surface area contributed by atoms with Crippen LogP contribution in [0.4, 0.5) is 4.79 Å². The predicted octanol–water partition coefficient (Wildman–Crippen LogP) is 2.15. The van der Waals surface area contributed by atoms with Gasteiger partial charge in [0.1, 0.15) is 5.60 Å². The first-order valence-corrected chi connectivity index (χ1v) is 6.83. The number of ether oxygens (including phenoxy) is 1. The SMILES string of the molecule is CC(C)CC1(C(N)=O)CCN(C(=O)OC(C)(C)C)C1. The molecule has 0 spiro atoms. The average Bonchev–Trinajstić information content (AvgIpc) is 2.59. The summed E-state index contributed by atoms with van der Waals surface area (Å²) in [5, 5.41) is 0. The average molecular weight is 270 g/mol. The van der Waals surface area contributed by atoms with Gasteiger partial charge in [-0.25, -0.2) is 4.79 Å². The smallest absolute Gasteiger partial charge is 0.410 e. The summed E-state index contributed by atoms with van der Waals surface area (Å²) in [6, 6.07) is 0. The van der Waals surface area contributed by atoms with Crippen LogP contribution in [0.1, 0.15) is 47.5 Å². The Bertz CT molecular complexity index is 360. The summed E-state index contributed by atoms with van der Waals surface area (Å²) in [4.78, 5) is 25.4. The van der Waals surface area contributed by atoms with Crippen LogP contribution in [0.3, 0.4) is 0 Å². The Kier molecular flexibility index (Phi) is 4.48. The van der Waals surface area contributed by atoms with Crippen molar-refractivity contribution >= 4 is 12.0 Å². The fourth-order valence-electron chi connectivity index (χ4n) is 2.60. The van der Waals surface area contributed by atoms with Gasteiger partial charge in [0, 0.05) is 13.1 Å². The Labute approximate surface area is 115 Å². The highest BCUT2D eigenvalue weighted by molar-refractivity contribution is 5.82. The van der Waals surface area contributed by atoms with Crippen molar-refractivity contribution in [1.29, 1.82) is 0 Å². The molecule has 0 radical (unpaired) electrons. The van der Waals surface area contributed by atoms with E-state index in [0.29, 0.717) is 31.8 Å². The number of rotatable bonds is 3. The molecule has 1 unspecified atom stereocenters. The third-order valence-electron chi connectivity index (χ3n) is 3.33. The molecule has 1 saturated heterocycles. The molecule has 0 aromatic rings. The minimum atomic E-state index is -0.592. The Morgan fingerprint density at radius 2 is 1.95 bits per heavy atom. The molecule has 0 aromatic heterocycles. The topological polar surface area (TPSA) is 72.6 Å². The number of nitrogens with zero attached hydrogens (tertiary/aromatic N) is 1. The molecule has 2 N–H and O–H groups in total. The van der Waals surface area contributed by atoms with Gasteiger partial charge in [-0.05, 0) is 39.5 Å². The zero-order valence-corrected chi connectivity index (χ0v) is 12.7. The van der Waals surface area contributed by atoms with Crippen LogP contribution in [0.25, 0.3) is 0 Å². The van der Waals surface area contributed by atoms with E-state index in [-0.39, 0.29) is 12.0 Å². The van der Waals surface area contributed by atoms with Crippen LogP contribution >= 0.6 is 0 Å². The van der Waals surface area contributed by atoms with Crippen molar-refractivity contribution < 1.29 is 14.3 Å². The van der Waals surface area contributed by atoms with Gasteiger partial charge in [-0.15, -0.1) is 0 Å². The van der Waals surface area contributed by atoms with Gasteiger partial charge in [0.25, 0.3) is 0 Å². The molecule has 0 bridgehead atoms. The molecule has 0 saturated carbocycles. The Balaban J connectivity index is 2.74. The second kappa shape index (κ2) is 5.39. The number of likely N-dealkylation sites (tertiary alicyclic amines) is 1. The number of primary amides is 1. The molecule has 19 heavy (non-hydrogen) atoms. The quantitative estimate of drug-likeness (QED) is 0.854. The van der Waals surface area contributed by atoms with Crippen LogP contribution in [-0.4, -0.2) is 35.6 Å². The molecule has 0 aliphatic carbocycles. The summed E-state index contributed by atoms with van der Waals surface area (Å²) in [6.07, 6.45) is 0.973. The Morgan fingerprint density at radius 1 is 1.37 bits per heavy atom. The number of carbonyl (C=O) groups is 2. The van der Waals surface area contributed by atoms with Crippen LogP contribution in [0, 0.1) is 11.3 Å². The molecule has 1 aliphatic rings. The maximum absolute atomic E-state index is 12.0. The minimum Gasteiger partial charge on any atom is -0.444 e. The highest BCUT2D eigenvalue weighted by atomic mass is 16.6. The first-order chi connectivity index (χ1) is 8.56. The second-order valence-corrected chi connectivity index (χ2v) is 6.89. The molecule has 1 fully saturated rings. The molecule has 0 aromatic carbocycles. The summed E-state index contributed by atoms with van der Waals surface area (Å²) < 4.78 is 5.33. The number of nitrogens with two attached hydrogens (primary N) is 1. The predicted molar refractivity (Wildman–Crippen MR) is 73.5 cm³/mol. The summed E-state index contributed by atoms with van der Waals surface area (Å²) in [5.41, 5.74) is 4.44. The summed E-state index contributed by atoms with van der Waals surface area (Å²) in [5.74, 6) is 0.0540. The Hall–Kier alpha value is -1.26. The van der Waals surface area contributed by atoms with E-state index in [1.807, 2.05) is 20.8 Å². The monoisotopic (exact) mass is 270 g/mol. The fourth-order valence-corrected chi connectivity index (χ4v) is 2.60. The van der Waals surface area contributed by atoms with Crippen LogP contribution in [0.15, 0.2) is 0 Å². The number of amides is 2. The highest BCUT2D eigenvalue weighted by Gasteiger charge is 2.45. The Morgan fingerprint density at radius 3 is 2.37 bits per heavy atom. The molecule has 5 heteroatoms. The van der Waals surface area contributed by atoms with Crippen LogP contribution < -0.4 is 5.73 Å². The molecular weight excluding hydrogens is 244 g/mol. The van der Waals surface area contributed by atoms with Crippen molar-refractivity contribution in [3.8, 4) is 0 Å². The van der Waals surface area contributed by atoms with Gasteiger partial charge in [0.05, 0.1) is 5.41 Å². The van der Waals surface area contributed by atoms with Crippen molar-refractivity contribution in [1.82, 2.24) is 4.90 Å². The lowest BCUT2D eigenvalue weighted by Crippen LogP contribution is -2.43. The van der Waals surface area contributed by atoms with Crippen molar-refractivity contribution in [3.63, 3.8) is 0 Å². The molecule has 1 rings (SSSR count). The van der Waals surface area contributed by atoms with E-state index >= 15 is 0 Å². The molecule has 110 valence electrons. The van der Waals surface area contributed by atoms with E-state index in [0.717, 1.165) is 0 Å². The normalized spacial score (nSPS) is 23.8. The van der Waals surface area contributed by atoms with Gasteiger partial charge in [-0.3, -0.25) is 4.79 Å². The van der Waals surface area contributed by atoms with Crippen molar-refractivity contribution in [2.75, 3.05) is 13.1 Å². The van der Waals surface area contributed by atoms with Crippen LogP contribution in [-0.2, 0) is 9.53 Å². The lowest BCUT2D eigenvalue weighted by atomic mass is 9.79. The van der Waals surface area contributed by atoms with E-state index < -0.39 is 11.0 Å². The molecule has 1 atom stereocenters. The highest BCUT2D eigenvalue weighted by Crippen LogP contribution is 2.37. The first kappa shape index (κ1) is 15.8. The summed E-state index contributed by atoms with van der Waals surface area (Å²) in [7, 11) is 0. The van der Waals surface area contributed by atoms with Gasteiger partial charge < -0.3 is 15.4 Å². The maximum atomic E-state index is 12.0. The lowest BCUT2D eigenvalue weighted by molar-refractivity contribution is -0.127. The van der Waals surface area contributed by atoms with E-state index in [9.17, 15) is 9.59 Å². The van der Waals surface area contributed by atoms with Gasteiger partial charge in [0.2, 0.25) is 5.91 Å². The van der Waals surface area contributed by atoms with Crippen molar-refractivity contribution in [2.24, 2.45) is 17.1 Å². The number of hydrogen-bond acceptors (Lipinski definition) is 3. The van der Waals surface area contributed by atoms with Gasteiger partial charge in [-0.2, -0.15) is 0 Å². The minimum absolute atomic E-state index is 0.313.